The van der Waals surface area contributed by atoms with Crippen molar-refractivity contribution < 1.29 is 9.32 Å². The number of rotatable bonds is 2. The van der Waals surface area contributed by atoms with Crippen molar-refractivity contribution in [3.63, 3.8) is 0 Å². The quantitative estimate of drug-likeness (QED) is 0.842. The molecule has 1 saturated heterocycles. The first kappa shape index (κ1) is 14.0. The largest absolute Gasteiger partial charge is 0.350 e. The van der Waals surface area contributed by atoms with E-state index in [1.165, 1.54) is 0 Å². The molecule has 4 rings (SSSR count). The second-order valence-corrected chi connectivity index (χ2v) is 6.16. The predicted molar refractivity (Wildman–Crippen MR) is 79.6 cm³/mol. The standard InChI is InChI=1S/C16H17N5O2/c17-7-11-8-18-21(9-11)12-5-6-20(10-12)16(22)15-13-3-1-2-4-14(13)19-23-15/h8-9,12H,1-6,10H2. The van der Waals surface area contributed by atoms with Gasteiger partial charge in [-0.2, -0.15) is 10.4 Å². The zero-order chi connectivity index (χ0) is 15.8. The fourth-order valence-electron chi connectivity index (χ4n) is 3.44. The van der Waals surface area contributed by atoms with Crippen molar-refractivity contribution in [2.24, 2.45) is 0 Å². The number of amides is 1. The SMILES string of the molecule is N#Cc1cnn(C2CCN(C(=O)c3onc4c3CCCC4)C2)c1. The van der Waals surface area contributed by atoms with Crippen molar-refractivity contribution >= 4 is 5.91 Å². The molecule has 0 bridgehead atoms. The summed E-state index contributed by atoms with van der Waals surface area (Å²) in [5, 5.41) is 17.2. The number of hydrogen-bond acceptors (Lipinski definition) is 5. The molecule has 1 fully saturated rings. The van der Waals surface area contributed by atoms with E-state index in [1.807, 2.05) is 0 Å². The summed E-state index contributed by atoms with van der Waals surface area (Å²) in [7, 11) is 0. The molecule has 2 aliphatic rings. The van der Waals surface area contributed by atoms with Crippen molar-refractivity contribution in [1.29, 1.82) is 5.26 Å². The van der Waals surface area contributed by atoms with E-state index < -0.39 is 0 Å². The van der Waals surface area contributed by atoms with Gasteiger partial charge in [-0.1, -0.05) is 5.16 Å². The summed E-state index contributed by atoms with van der Waals surface area (Å²) in [6.45, 7) is 1.25. The molecular formula is C16H17N5O2. The van der Waals surface area contributed by atoms with Crippen LogP contribution >= 0.6 is 0 Å². The minimum absolute atomic E-state index is 0.0733. The molecule has 3 heterocycles. The van der Waals surface area contributed by atoms with Gasteiger partial charge >= 0.3 is 0 Å². The summed E-state index contributed by atoms with van der Waals surface area (Å²) in [4.78, 5) is 14.5. The van der Waals surface area contributed by atoms with Crippen molar-refractivity contribution in [3.8, 4) is 6.07 Å². The molecule has 1 unspecified atom stereocenters. The summed E-state index contributed by atoms with van der Waals surface area (Å²) in [6.07, 6.45) is 8.09. The first-order valence-corrected chi connectivity index (χ1v) is 7.97. The van der Waals surface area contributed by atoms with Crippen LogP contribution < -0.4 is 0 Å². The Morgan fingerprint density at radius 2 is 2.26 bits per heavy atom. The van der Waals surface area contributed by atoms with Crippen LogP contribution in [0, 0.1) is 11.3 Å². The van der Waals surface area contributed by atoms with Crippen molar-refractivity contribution in [2.75, 3.05) is 13.1 Å². The molecule has 1 amide bonds. The Hall–Kier alpha value is -2.62. The summed E-state index contributed by atoms with van der Waals surface area (Å²) < 4.78 is 7.13. The predicted octanol–water partition coefficient (Wildman–Crippen LogP) is 1.71. The molecule has 0 aromatic carbocycles. The molecular weight excluding hydrogens is 294 g/mol. The van der Waals surface area contributed by atoms with Gasteiger partial charge in [0.15, 0.2) is 0 Å². The number of hydrogen-bond donors (Lipinski definition) is 0. The molecule has 2 aromatic heterocycles. The van der Waals surface area contributed by atoms with Crippen LogP contribution in [0.3, 0.4) is 0 Å². The average molecular weight is 311 g/mol. The van der Waals surface area contributed by atoms with Crippen LogP contribution in [-0.2, 0) is 12.8 Å². The molecule has 0 saturated carbocycles. The zero-order valence-electron chi connectivity index (χ0n) is 12.7. The average Bonchev–Trinajstić information content (AvgIpc) is 3.31. The van der Waals surface area contributed by atoms with Gasteiger partial charge in [-0.25, -0.2) is 0 Å². The molecule has 2 aromatic rings. The second kappa shape index (κ2) is 5.54. The third kappa shape index (κ3) is 2.40. The molecule has 1 aliphatic heterocycles. The molecule has 23 heavy (non-hydrogen) atoms. The van der Waals surface area contributed by atoms with Gasteiger partial charge < -0.3 is 9.42 Å². The lowest BCUT2D eigenvalue weighted by Crippen LogP contribution is -2.29. The van der Waals surface area contributed by atoms with E-state index in [0.29, 0.717) is 24.4 Å². The van der Waals surface area contributed by atoms with Gasteiger partial charge in [0.05, 0.1) is 23.5 Å². The van der Waals surface area contributed by atoms with E-state index in [2.05, 4.69) is 16.3 Å². The van der Waals surface area contributed by atoms with Crippen LogP contribution in [0.4, 0.5) is 0 Å². The number of carbonyl (C=O) groups is 1. The monoisotopic (exact) mass is 311 g/mol. The van der Waals surface area contributed by atoms with Crippen LogP contribution in [0.5, 0.6) is 0 Å². The van der Waals surface area contributed by atoms with Gasteiger partial charge in [-0.3, -0.25) is 9.48 Å². The van der Waals surface area contributed by atoms with E-state index in [4.69, 9.17) is 9.78 Å². The Labute approximate surface area is 133 Å². The van der Waals surface area contributed by atoms with Crippen LogP contribution in [0.25, 0.3) is 0 Å². The molecule has 1 atom stereocenters. The van der Waals surface area contributed by atoms with Gasteiger partial charge in [-0.05, 0) is 32.1 Å². The van der Waals surface area contributed by atoms with Gasteiger partial charge in [-0.15, -0.1) is 0 Å². The van der Waals surface area contributed by atoms with Crippen molar-refractivity contribution in [2.45, 2.75) is 38.1 Å². The van der Waals surface area contributed by atoms with Gasteiger partial charge in [0.1, 0.15) is 6.07 Å². The Kier molecular flexibility index (Phi) is 3.37. The zero-order valence-corrected chi connectivity index (χ0v) is 12.7. The molecule has 118 valence electrons. The minimum atomic E-state index is -0.0733. The number of nitrogens with zero attached hydrogens (tertiary/aromatic N) is 5. The fraction of sp³-hybridized carbons (Fsp3) is 0.500. The molecule has 7 nitrogen and oxygen atoms in total. The minimum Gasteiger partial charge on any atom is -0.350 e. The van der Waals surface area contributed by atoms with Crippen molar-refractivity contribution in [3.05, 3.63) is 35.0 Å². The number of aryl methyl sites for hydroxylation is 1. The van der Waals surface area contributed by atoms with Crippen LogP contribution in [-0.4, -0.2) is 38.8 Å². The molecule has 0 radical (unpaired) electrons. The molecule has 7 heteroatoms. The first-order valence-electron chi connectivity index (χ1n) is 7.97. The third-order valence-electron chi connectivity index (χ3n) is 4.71. The van der Waals surface area contributed by atoms with Crippen LogP contribution in [0.1, 0.15) is 52.7 Å². The normalized spacial score (nSPS) is 20.3. The van der Waals surface area contributed by atoms with Crippen LogP contribution in [0.15, 0.2) is 16.9 Å². The number of nitriles is 1. The third-order valence-corrected chi connectivity index (χ3v) is 4.71. The van der Waals surface area contributed by atoms with E-state index in [1.54, 1.807) is 22.0 Å². The number of likely N-dealkylation sites (tertiary alicyclic amines) is 1. The Morgan fingerprint density at radius 3 is 3.09 bits per heavy atom. The maximum atomic E-state index is 12.7. The number of fused-ring (bicyclic) bond motifs is 1. The molecule has 1 aliphatic carbocycles. The lowest BCUT2D eigenvalue weighted by Gasteiger charge is -2.16. The second-order valence-electron chi connectivity index (χ2n) is 6.16. The van der Waals surface area contributed by atoms with E-state index in [-0.39, 0.29) is 11.9 Å². The Bertz CT molecular complexity index is 785. The Morgan fingerprint density at radius 1 is 1.39 bits per heavy atom. The molecule has 0 spiro atoms. The highest BCUT2D eigenvalue weighted by Crippen LogP contribution is 2.28. The van der Waals surface area contributed by atoms with Gasteiger partial charge in [0, 0.05) is 24.8 Å². The van der Waals surface area contributed by atoms with Crippen molar-refractivity contribution in [1.82, 2.24) is 19.8 Å². The summed E-state index contributed by atoms with van der Waals surface area (Å²) in [5.41, 5.74) is 2.48. The van der Waals surface area contributed by atoms with Crippen LogP contribution in [0.2, 0.25) is 0 Å². The Balaban J connectivity index is 1.50. The maximum absolute atomic E-state index is 12.7. The lowest BCUT2D eigenvalue weighted by atomic mass is 9.96. The highest BCUT2D eigenvalue weighted by atomic mass is 16.5. The summed E-state index contributed by atoms with van der Waals surface area (Å²) in [5.74, 6) is 0.342. The first-order chi connectivity index (χ1) is 11.3. The van der Waals surface area contributed by atoms with Gasteiger partial charge in [0.25, 0.3) is 5.91 Å². The highest BCUT2D eigenvalue weighted by molar-refractivity contribution is 5.93. The summed E-state index contributed by atoms with van der Waals surface area (Å²) in [6, 6.07) is 2.19. The van der Waals surface area contributed by atoms with Gasteiger partial charge in [0.2, 0.25) is 5.76 Å². The number of aromatic nitrogens is 3. The van der Waals surface area contributed by atoms with E-state index >= 15 is 0 Å². The smallest absolute Gasteiger partial charge is 0.292 e. The van der Waals surface area contributed by atoms with E-state index in [0.717, 1.165) is 43.4 Å². The number of carbonyl (C=O) groups excluding carboxylic acids is 1. The fourth-order valence-corrected chi connectivity index (χ4v) is 3.44. The topological polar surface area (TPSA) is 88.0 Å². The maximum Gasteiger partial charge on any atom is 0.292 e. The van der Waals surface area contributed by atoms with E-state index in [9.17, 15) is 4.79 Å². The summed E-state index contributed by atoms with van der Waals surface area (Å²) >= 11 is 0. The molecule has 0 N–H and O–H groups in total. The highest BCUT2D eigenvalue weighted by Gasteiger charge is 2.33. The lowest BCUT2D eigenvalue weighted by molar-refractivity contribution is 0.0744.